The van der Waals surface area contributed by atoms with Gasteiger partial charge in [-0.15, -0.1) is 0 Å². The molecule has 1 heterocycles. The van der Waals surface area contributed by atoms with Crippen molar-refractivity contribution in [2.45, 2.75) is 6.54 Å². The second kappa shape index (κ2) is 17.2. The second-order valence-electron chi connectivity index (χ2n) is 9.15. The van der Waals surface area contributed by atoms with Crippen LogP contribution in [0.4, 0.5) is 5.69 Å². The molecule has 1 aliphatic heterocycles. The number of piperazine rings is 1. The molecule has 11 heteroatoms. The van der Waals surface area contributed by atoms with Crippen LogP contribution in [0.2, 0.25) is 5.02 Å². The van der Waals surface area contributed by atoms with E-state index in [0.29, 0.717) is 22.1 Å². The molecule has 0 bridgehead atoms. The third-order valence-corrected chi connectivity index (χ3v) is 6.60. The molecule has 226 valence electrons. The summed E-state index contributed by atoms with van der Waals surface area (Å²) in [6.45, 7) is 4.88. The summed E-state index contributed by atoms with van der Waals surface area (Å²) in [6, 6.07) is 20.8. The molecule has 1 saturated heterocycles. The molecule has 3 aromatic rings. The molecule has 0 aromatic heterocycles. The third kappa shape index (κ3) is 9.63. The number of ether oxygens (including phenoxy) is 6. The summed E-state index contributed by atoms with van der Waals surface area (Å²) >= 11 is 5.76. The van der Waals surface area contributed by atoms with E-state index in [1.165, 1.54) is 33.0 Å². The van der Waals surface area contributed by atoms with Crippen LogP contribution in [-0.2, 0) is 25.5 Å². The zero-order valence-corrected chi connectivity index (χ0v) is 25.1. The number of halogens is 1. The number of methoxy groups -OCH3 is 4. The van der Waals surface area contributed by atoms with Gasteiger partial charge in [-0.1, -0.05) is 41.9 Å². The van der Waals surface area contributed by atoms with E-state index in [2.05, 4.69) is 38.8 Å². The van der Waals surface area contributed by atoms with E-state index in [1.54, 1.807) is 25.3 Å². The van der Waals surface area contributed by atoms with Gasteiger partial charge in [0.2, 0.25) is 0 Å². The number of carbonyl (C=O) groups is 2. The number of nitrogens with zero attached hydrogens (tertiary/aromatic N) is 2. The van der Waals surface area contributed by atoms with Gasteiger partial charge >= 0.3 is 11.9 Å². The highest BCUT2D eigenvalue weighted by Gasteiger charge is 2.21. The van der Waals surface area contributed by atoms with Crippen LogP contribution < -0.4 is 14.4 Å². The Bertz CT molecular complexity index is 1280. The molecule has 0 aliphatic carbocycles. The van der Waals surface area contributed by atoms with E-state index in [0.717, 1.165) is 38.4 Å². The molecular weight excluding hydrogens is 564 g/mol. The summed E-state index contributed by atoms with van der Waals surface area (Å²) in [5.41, 5.74) is 3.03. The molecule has 4 rings (SSSR count). The maximum absolute atomic E-state index is 12.1. The van der Waals surface area contributed by atoms with Gasteiger partial charge in [0.15, 0.2) is 13.6 Å². The Balaban J connectivity index is 0.000000274. The van der Waals surface area contributed by atoms with Crippen LogP contribution >= 0.6 is 11.6 Å². The molecule has 0 spiro atoms. The normalized spacial score (nSPS) is 13.0. The average molecular weight is 601 g/mol. The van der Waals surface area contributed by atoms with Crippen molar-refractivity contribution in [1.82, 2.24) is 4.90 Å². The first-order valence-electron chi connectivity index (χ1n) is 13.2. The molecule has 42 heavy (non-hydrogen) atoms. The molecule has 0 amide bonds. The third-order valence-electron chi connectivity index (χ3n) is 6.37. The van der Waals surface area contributed by atoms with Crippen LogP contribution in [0.15, 0.2) is 66.7 Å². The van der Waals surface area contributed by atoms with E-state index >= 15 is 0 Å². The summed E-state index contributed by atoms with van der Waals surface area (Å²) in [6.07, 6.45) is 0. The number of hydrogen-bond acceptors (Lipinski definition) is 10. The van der Waals surface area contributed by atoms with E-state index < -0.39 is 11.9 Å². The lowest BCUT2D eigenvalue weighted by Crippen LogP contribution is -2.46. The summed E-state index contributed by atoms with van der Waals surface area (Å²) in [5, 5.41) is 0.445. The van der Waals surface area contributed by atoms with Gasteiger partial charge in [-0.2, -0.15) is 0 Å². The maximum atomic E-state index is 12.1. The first kappa shape index (κ1) is 32.7. The van der Waals surface area contributed by atoms with Gasteiger partial charge in [-0.05, 0) is 42.0 Å². The fraction of sp³-hybridized carbons (Fsp3) is 0.355. The van der Waals surface area contributed by atoms with Crippen LogP contribution in [0.5, 0.6) is 11.5 Å². The van der Waals surface area contributed by atoms with E-state index in [9.17, 15) is 9.59 Å². The second-order valence-corrected chi connectivity index (χ2v) is 9.59. The van der Waals surface area contributed by atoms with Crippen LogP contribution in [0.1, 0.15) is 26.3 Å². The predicted octanol–water partition coefficient (Wildman–Crippen LogP) is 4.89. The Morgan fingerprint density at radius 1 is 0.714 bits per heavy atom. The van der Waals surface area contributed by atoms with Crippen molar-refractivity contribution in [2.75, 3.05) is 73.1 Å². The summed E-state index contributed by atoms with van der Waals surface area (Å²) < 4.78 is 29.8. The van der Waals surface area contributed by atoms with Crippen molar-refractivity contribution in [3.63, 3.8) is 0 Å². The van der Waals surface area contributed by atoms with Gasteiger partial charge in [0.05, 0.1) is 14.2 Å². The first-order valence-corrected chi connectivity index (χ1v) is 13.6. The van der Waals surface area contributed by atoms with Gasteiger partial charge in [0.25, 0.3) is 0 Å². The highest BCUT2D eigenvalue weighted by molar-refractivity contribution is 6.31. The Labute approximate surface area is 251 Å². The lowest BCUT2D eigenvalue weighted by atomic mass is 10.1. The zero-order valence-electron chi connectivity index (χ0n) is 24.3. The molecule has 3 aromatic carbocycles. The van der Waals surface area contributed by atoms with Gasteiger partial charge < -0.3 is 33.3 Å². The number of rotatable bonds is 11. The quantitative estimate of drug-likeness (QED) is 0.224. The summed E-state index contributed by atoms with van der Waals surface area (Å²) in [7, 11) is 5.70. The largest absolute Gasteiger partial charge is 0.467 e. The summed E-state index contributed by atoms with van der Waals surface area (Å²) in [5.74, 6) is -0.0578. The molecule has 0 unspecified atom stereocenters. The van der Waals surface area contributed by atoms with Gasteiger partial charge in [-0.25, -0.2) is 9.59 Å². The number of carbonyl (C=O) groups excluding carboxylic acids is 2. The number of anilines is 1. The molecule has 0 N–H and O–H groups in total. The fourth-order valence-corrected chi connectivity index (χ4v) is 4.43. The van der Waals surface area contributed by atoms with Crippen molar-refractivity contribution in [1.29, 1.82) is 0 Å². The van der Waals surface area contributed by atoms with Gasteiger partial charge in [-0.3, -0.25) is 4.90 Å². The summed E-state index contributed by atoms with van der Waals surface area (Å²) in [4.78, 5) is 28.2. The van der Waals surface area contributed by atoms with Crippen LogP contribution in [0.3, 0.4) is 0 Å². The van der Waals surface area contributed by atoms with Gasteiger partial charge in [0.1, 0.15) is 22.6 Å². The van der Waals surface area contributed by atoms with E-state index in [4.69, 9.17) is 35.3 Å². The highest BCUT2D eigenvalue weighted by atomic mass is 35.5. The van der Waals surface area contributed by atoms with Crippen LogP contribution in [-0.4, -0.2) is 85.0 Å². The first-order chi connectivity index (χ1) is 20.4. The Kier molecular flexibility index (Phi) is 13.4. The Morgan fingerprint density at radius 2 is 1.26 bits per heavy atom. The van der Waals surface area contributed by atoms with Crippen molar-refractivity contribution in [3.05, 3.63) is 88.4 Å². The monoisotopic (exact) mass is 600 g/mol. The lowest BCUT2D eigenvalue weighted by Gasteiger charge is -2.36. The molecule has 0 atom stereocenters. The molecule has 0 saturated carbocycles. The van der Waals surface area contributed by atoms with E-state index in [1.807, 2.05) is 18.2 Å². The van der Waals surface area contributed by atoms with Crippen molar-refractivity contribution in [2.24, 2.45) is 0 Å². The van der Waals surface area contributed by atoms with Gasteiger partial charge in [0, 0.05) is 57.7 Å². The van der Waals surface area contributed by atoms with Crippen molar-refractivity contribution >= 4 is 29.2 Å². The SMILES string of the molecule is COCOc1ccc(Cl)cc1C(=O)OC.COCOc1ccc(N2CCN(Cc3ccccc3)CC2)cc1C(=O)OC. The molecule has 1 aliphatic rings. The molecular formula is C31H37ClN2O8. The molecule has 1 fully saturated rings. The van der Waals surface area contributed by atoms with E-state index in [-0.39, 0.29) is 19.1 Å². The van der Waals surface area contributed by atoms with Crippen LogP contribution in [0.25, 0.3) is 0 Å². The number of benzene rings is 3. The minimum atomic E-state index is -0.497. The van der Waals surface area contributed by atoms with Crippen molar-refractivity contribution < 1.29 is 38.0 Å². The molecule has 0 radical (unpaired) electrons. The zero-order chi connectivity index (χ0) is 30.3. The van der Waals surface area contributed by atoms with Crippen molar-refractivity contribution in [3.8, 4) is 11.5 Å². The Hall–Kier alpha value is -3.83. The fourth-order valence-electron chi connectivity index (χ4n) is 4.26. The maximum Gasteiger partial charge on any atom is 0.341 e. The number of hydrogen-bond donors (Lipinski definition) is 0. The standard InChI is InChI=1S/C21H26N2O4.C10H11ClO4/c1-25-16-27-20-9-8-18(14-19(20)21(24)26-2)23-12-10-22(11-13-23)15-17-6-4-3-5-7-17;1-13-6-15-9-4-3-7(11)5-8(9)10(12)14-2/h3-9,14H,10-13,15-16H2,1-2H3;3-5H,6H2,1-2H3. The highest BCUT2D eigenvalue weighted by Crippen LogP contribution is 2.27. The topological polar surface area (TPSA) is 96.0 Å². The average Bonchev–Trinajstić information content (AvgIpc) is 3.03. The smallest absolute Gasteiger partial charge is 0.341 e. The Morgan fingerprint density at radius 3 is 1.81 bits per heavy atom. The van der Waals surface area contributed by atoms with Crippen LogP contribution in [0, 0.1) is 0 Å². The minimum absolute atomic E-state index is 0.0611. The lowest BCUT2D eigenvalue weighted by molar-refractivity contribution is 0.0458. The number of esters is 2. The molecule has 10 nitrogen and oxygen atoms in total. The minimum Gasteiger partial charge on any atom is -0.467 e. The predicted molar refractivity (Wildman–Crippen MR) is 160 cm³/mol.